The van der Waals surface area contributed by atoms with Crippen LogP contribution in [0.1, 0.15) is 52.4 Å². The molecule has 2 fully saturated rings. The molecular weight excluding hydrogens is 170 g/mol. The van der Waals surface area contributed by atoms with Crippen LogP contribution in [0.4, 0.5) is 0 Å². The Morgan fingerprint density at radius 3 is 2.29 bits per heavy atom. The molecule has 1 heterocycles. The van der Waals surface area contributed by atoms with Gasteiger partial charge in [0.2, 0.25) is 0 Å². The predicted molar refractivity (Wildman–Crippen MR) is 61.4 cm³/mol. The second-order valence-corrected chi connectivity index (χ2v) is 5.50. The van der Waals surface area contributed by atoms with Gasteiger partial charge in [0.05, 0.1) is 0 Å². The first-order valence-corrected chi connectivity index (χ1v) is 6.53. The van der Waals surface area contributed by atoms with Crippen molar-refractivity contribution in [1.29, 1.82) is 0 Å². The Kier molecular flexibility index (Phi) is 3.48. The van der Waals surface area contributed by atoms with Gasteiger partial charge in [0.1, 0.15) is 0 Å². The predicted octanol–water partition coefficient (Wildman–Crippen LogP) is 3.30. The zero-order valence-electron chi connectivity index (χ0n) is 9.84. The third-order valence-corrected chi connectivity index (χ3v) is 4.25. The van der Waals surface area contributed by atoms with E-state index in [1.165, 1.54) is 51.6 Å². The number of rotatable bonds is 2. The van der Waals surface area contributed by atoms with Gasteiger partial charge in [-0.3, -0.25) is 0 Å². The van der Waals surface area contributed by atoms with Crippen molar-refractivity contribution in [2.45, 2.75) is 58.4 Å². The molecule has 0 aromatic heterocycles. The van der Waals surface area contributed by atoms with Gasteiger partial charge < -0.3 is 4.90 Å². The molecule has 14 heavy (non-hydrogen) atoms. The van der Waals surface area contributed by atoms with Gasteiger partial charge in [-0.1, -0.05) is 26.7 Å². The summed E-state index contributed by atoms with van der Waals surface area (Å²) in [5.41, 5.74) is 0. The van der Waals surface area contributed by atoms with Gasteiger partial charge in [-0.15, -0.1) is 0 Å². The summed E-state index contributed by atoms with van der Waals surface area (Å²) >= 11 is 0. The Labute approximate surface area is 88.9 Å². The summed E-state index contributed by atoms with van der Waals surface area (Å²) in [6, 6.07) is 0.940. The summed E-state index contributed by atoms with van der Waals surface area (Å²) in [6.45, 7) is 7.58. The van der Waals surface area contributed by atoms with Crippen LogP contribution in [-0.4, -0.2) is 24.0 Å². The summed E-state index contributed by atoms with van der Waals surface area (Å²) in [5.74, 6) is 1.89. The second kappa shape index (κ2) is 4.65. The molecule has 2 atom stereocenters. The topological polar surface area (TPSA) is 3.24 Å². The van der Waals surface area contributed by atoms with Crippen molar-refractivity contribution in [3.8, 4) is 0 Å². The van der Waals surface area contributed by atoms with Crippen LogP contribution >= 0.6 is 0 Å². The van der Waals surface area contributed by atoms with Gasteiger partial charge in [0, 0.05) is 6.04 Å². The summed E-state index contributed by atoms with van der Waals surface area (Å²) in [4.78, 5) is 2.79. The Bertz CT molecular complexity index is 170. The van der Waals surface area contributed by atoms with E-state index in [1.54, 1.807) is 0 Å². The monoisotopic (exact) mass is 195 g/mol. The van der Waals surface area contributed by atoms with Gasteiger partial charge in [-0.05, 0) is 50.6 Å². The van der Waals surface area contributed by atoms with Gasteiger partial charge in [-0.25, -0.2) is 0 Å². The molecule has 1 saturated heterocycles. The van der Waals surface area contributed by atoms with Crippen molar-refractivity contribution >= 4 is 0 Å². The van der Waals surface area contributed by atoms with Gasteiger partial charge in [0.25, 0.3) is 0 Å². The van der Waals surface area contributed by atoms with E-state index < -0.39 is 0 Å². The molecular formula is C13H25N. The van der Waals surface area contributed by atoms with E-state index in [9.17, 15) is 0 Å². The zero-order chi connectivity index (χ0) is 9.97. The van der Waals surface area contributed by atoms with Crippen LogP contribution in [0.3, 0.4) is 0 Å². The number of nitrogens with zero attached hydrogens (tertiary/aromatic N) is 1. The quantitative estimate of drug-likeness (QED) is 0.653. The molecule has 0 N–H and O–H groups in total. The average molecular weight is 195 g/mol. The van der Waals surface area contributed by atoms with Crippen molar-refractivity contribution in [2.24, 2.45) is 11.8 Å². The minimum atomic E-state index is 0.893. The van der Waals surface area contributed by atoms with Crippen molar-refractivity contribution in [3.05, 3.63) is 0 Å². The highest BCUT2D eigenvalue weighted by Gasteiger charge is 2.33. The standard InChI is InChI=1S/C13H25N/c1-11(2)12-7-6-8-13(12)14-9-4-3-5-10-14/h11-13H,3-10H2,1-2H3. The molecule has 0 aromatic carbocycles. The van der Waals surface area contributed by atoms with Gasteiger partial charge >= 0.3 is 0 Å². The van der Waals surface area contributed by atoms with E-state index in [-0.39, 0.29) is 0 Å². The highest BCUT2D eigenvalue weighted by molar-refractivity contribution is 4.87. The maximum absolute atomic E-state index is 2.79. The molecule has 82 valence electrons. The first-order valence-electron chi connectivity index (χ1n) is 6.53. The molecule has 2 aliphatic rings. The maximum atomic E-state index is 2.79. The molecule has 1 aliphatic heterocycles. The van der Waals surface area contributed by atoms with E-state index in [2.05, 4.69) is 18.7 Å². The molecule has 1 nitrogen and oxygen atoms in total. The number of likely N-dealkylation sites (tertiary alicyclic amines) is 1. The maximum Gasteiger partial charge on any atom is 0.0126 e. The fourth-order valence-corrected chi connectivity index (χ4v) is 3.45. The third-order valence-electron chi connectivity index (χ3n) is 4.25. The fraction of sp³-hybridized carbons (Fsp3) is 1.00. The smallest absolute Gasteiger partial charge is 0.0126 e. The molecule has 1 saturated carbocycles. The summed E-state index contributed by atoms with van der Waals surface area (Å²) < 4.78 is 0. The summed E-state index contributed by atoms with van der Waals surface area (Å²) in [6.07, 6.45) is 8.80. The van der Waals surface area contributed by atoms with Crippen LogP contribution in [0, 0.1) is 11.8 Å². The van der Waals surface area contributed by atoms with Crippen molar-refractivity contribution < 1.29 is 0 Å². The van der Waals surface area contributed by atoms with Crippen LogP contribution in [0.25, 0.3) is 0 Å². The van der Waals surface area contributed by atoms with Crippen LogP contribution in [0.5, 0.6) is 0 Å². The van der Waals surface area contributed by atoms with E-state index in [4.69, 9.17) is 0 Å². The van der Waals surface area contributed by atoms with Crippen molar-refractivity contribution in [3.63, 3.8) is 0 Å². The molecule has 2 rings (SSSR count). The number of hydrogen-bond acceptors (Lipinski definition) is 1. The van der Waals surface area contributed by atoms with Gasteiger partial charge in [0.15, 0.2) is 0 Å². The molecule has 0 bridgehead atoms. The molecule has 0 spiro atoms. The average Bonchev–Trinajstić information content (AvgIpc) is 2.67. The Morgan fingerprint density at radius 2 is 1.64 bits per heavy atom. The molecule has 0 radical (unpaired) electrons. The lowest BCUT2D eigenvalue weighted by Gasteiger charge is -2.37. The lowest BCUT2D eigenvalue weighted by atomic mass is 9.89. The van der Waals surface area contributed by atoms with E-state index >= 15 is 0 Å². The molecule has 0 aromatic rings. The van der Waals surface area contributed by atoms with E-state index in [0.717, 1.165) is 17.9 Å². The minimum Gasteiger partial charge on any atom is -0.300 e. The normalized spacial score (nSPS) is 35.4. The summed E-state index contributed by atoms with van der Waals surface area (Å²) in [5, 5.41) is 0. The van der Waals surface area contributed by atoms with E-state index in [1.807, 2.05) is 0 Å². The lowest BCUT2D eigenvalue weighted by Crippen LogP contribution is -2.42. The Morgan fingerprint density at radius 1 is 0.929 bits per heavy atom. The largest absolute Gasteiger partial charge is 0.300 e. The first-order chi connectivity index (χ1) is 6.79. The van der Waals surface area contributed by atoms with Crippen molar-refractivity contribution in [2.75, 3.05) is 13.1 Å². The first kappa shape index (κ1) is 10.5. The Balaban J connectivity index is 1.94. The fourth-order valence-electron chi connectivity index (χ4n) is 3.45. The third kappa shape index (κ3) is 2.13. The lowest BCUT2D eigenvalue weighted by molar-refractivity contribution is 0.114. The highest BCUT2D eigenvalue weighted by atomic mass is 15.2. The SMILES string of the molecule is CC(C)C1CCCC1N1CCCCC1. The van der Waals surface area contributed by atoms with Crippen LogP contribution in [-0.2, 0) is 0 Å². The van der Waals surface area contributed by atoms with Gasteiger partial charge in [-0.2, -0.15) is 0 Å². The molecule has 1 aliphatic carbocycles. The molecule has 0 amide bonds. The number of hydrogen-bond donors (Lipinski definition) is 0. The Hall–Kier alpha value is -0.0400. The second-order valence-electron chi connectivity index (χ2n) is 5.50. The highest BCUT2D eigenvalue weighted by Crippen LogP contribution is 2.36. The van der Waals surface area contributed by atoms with Crippen LogP contribution in [0.15, 0.2) is 0 Å². The van der Waals surface area contributed by atoms with E-state index in [0.29, 0.717) is 0 Å². The minimum absolute atomic E-state index is 0.893. The van der Waals surface area contributed by atoms with Crippen LogP contribution < -0.4 is 0 Å². The van der Waals surface area contributed by atoms with Crippen LogP contribution in [0.2, 0.25) is 0 Å². The summed E-state index contributed by atoms with van der Waals surface area (Å²) in [7, 11) is 0. The molecule has 2 unspecified atom stereocenters. The zero-order valence-corrected chi connectivity index (χ0v) is 9.84. The number of piperidine rings is 1. The van der Waals surface area contributed by atoms with Crippen molar-refractivity contribution in [1.82, 2.24) is 4.90 Å². The molecule has 1 heteroatoms.